The number of ether oxygens (including phenoxy) is 2. The highest BCUT2D eigenvalue weighted by atomic mass is 35.5. The highest BCUT2D eigenvalue weighted by Crippen LogP contribution is 2.27. The van der Waals surface area contributed by atoms with Gasteiger partial charge in [0.2, 0.25) is 0 Å². The van der Waals surface area contributed by atoms with E-state index in [1.165, 1.54) is 11.5 Å². The minimum atomic E-state index is -0.426. The maximum atomic E-state index is 13.6. The maximum Gasteiger partial charge on any atom is 0.337 e. The first kappa shape index (κ1) is 25.5. The van der Waals surface area contributed by atoms with Gasteiger partial charge in [0.15, 0.2) is 11.4 Å². The van der Waals surface area contributed by atoms with Crippen LogP contribution in [0.1, 0.15) is 27.3 Å². The average molecular weight is 549 g/mol. The van der Waals surface area contributed by atoms with Crippen molar-refractivity contribution in [3.05, 3.63) is 110 Å². The van der Waals surface area contributed by atoms with E-state index in [1.807, 2.05) is 19.1 Å². The Morgan fingerprint density at radius 1 is 1.00 bits per heavy atom. The lowest BCUT2D eigenvalue weighted by Crippen LogP contribution is -2.19. The third kappa shape index (κ3) is 4.76. The van der Waals surface area contributed by atoms with E-state index >= 15 is 0 Å². The number of hydrogen-bond donors (Lipinski definition) is 0. The fourth-order valence-corrected chi connectivity index (χ4v) is 4.48. The molecule has 0 amide bonds. The highest BCUT2D eigenvalue weighted by molar-refractivity contribution is 6.42. The Balaban J connectivity index is 1.50. The Hall–Kier alpha value is -4.14. The minimum Gasteiger partial charge on any atom is -0.485 e. The number of aromatic nitrogens is 4. The van der Waals surface area contributed by atoms with Gasteiger partial charge >= 0.3 is 5.97 Å². The van der Waals surface area contributed by atoms with E-state index in [0.717, 1.165) is 16.9 Å². The summed E-state index contributed by atoms with van der Waals surface area (Å²) < 4.78 is 13.9. The van der Waals surface area contributed by atoms with Crippen molar-refractivity contribution in [2.45, 2.75) is 20.5 Å². The molecule has 0 saturated carbocycles. The molecule has 0 fully saturated rings. The van der Waals surface area contributed by atoms with Crippen LogP contribution in [0.4, 0.5) is 0 Å². The number of rotatable bonds is 6. The molecular formula is C28H22Cl2N4O4. The van der Waals surface area contributed by atoms with Gasteiger partial charge in [-0.25, -0.2) is 14.5 Å². The lowest BCUT2D eigenvalue weighted by atomic mass is 10.1. The first-order valence-electron chi connectivity index (χ1n) is 11.6. The molecule has 10 heteroatoms. The Morgan fingerprint density at radius 3 is 2.58 bits per heavy atom. The van der Waals surface area contributed by atoms with Crippen LogP contribution in [0.25, 0.3) is 22.6 Å². The van der Waals surface area contributed by atoms with Gasteiger partial charge in [0.05, 0.1) is 39.7 Å². The third-order valence-corrected chi connectivity index (χ3v) is 6.77. The second kappa shape index (κ2) is 10.3. The predicted molar refractivity (Wildman–Crippen MR) is 146 cm³/mol. The van der Waals surface area contributed by atoms with Crippen molar-refractivity contribution in [2.24, 2.45) is 0 Å². The number of aryl methyl sites for hydroxylation is 2. The van der Waals surface area contributed by atoms with Gasteiger partial charge in [0.1, 0.15) is 12.3 Å². The summed E-state index contributed by atoms with van der Waals surface area (Å²) in [4.78, 5) is 30.2. The molecule has 5 aromatic rings. The summed E-state index contributed by atoms with van der Waals surface area (Å²) in [6.07, 6.45) is 1.64. The van der Waals surface area contributed by atoms with Crippen molar-refractivity contribution in [2.75, 3.05) is 7.11 Å². The number of hydrogen-bond acceptors (Lipinski definition) is 6. The van der Waals surface area contributed by atoms with Crippen LogP contribution in [0.2, 0.25) is 10.0 Å². The summed E-state index contributed by atoms with van der Waals surface area (Å²) in [5.41, 5.74) is 4.22. The standard InChI is InChI=1S/C28H22Cl2N4O4/c1-16-12-23(32-34(16)20-9-10-21(29)22(30)14-20)25-17(2)31-26-24(8-5-11-33(26)27(25)35)38-15-18-6-4-7-19(13-18)28(36)37-3/h4-14H,15H2,1-3H3. The van der Waals surface area contributed by atoms with E-state index < -0.39 is 5.97 Å². The Labute approximate surface area is 228 Å². The molecule has 0 unspecified atom stereocenters. The van der Waals surface area contributed by atoms with Crippen LogP contribution in [0.15, 0.2) is 71.7 Å². The van der Waals surface area contributed by atoms with Crippen molar-refractivity contribution in [3.8, 4) is 22.7 Å². The molecule has 0 spiro atoms. The molecule has 0 aliphatic carbocycles. The van der Waals surface area contributed by atoms with Crippen LogP contribution in [-0.4, -0.2) is 32.2 Å². The van der Waals surface area contributed by atoms with Crippen molar-refractivity contribution in [1.82, 2.24) is 19.2 Å². The number of fused-ring (bicyclic) bond motifs is 1. The SMILES string of the molecule is COC(=O)c1cccc(COc2cccn3c(=O)c(-c4cc(C)n(-c5ccc(Cl)c(Cl)c5)n4)c(C)nc23)c1. The molecule has 0 aliphatic rings. The van der Waals surface area contributed by atoms with Crippen molar-refractivity contribution in [1.29, 1.82) is 0 Å². The summed E-state index contributed by atoms with van der Waals surface area (Å²) in [5, 5.41) is 5.53. The number of carbonyl (C=O) groups excluding carboxylic acids is 1. The van der Waals surface area contributed by atoms with E-state index in [9.17, 15) is 9.59 Å². The number of pyridine rings is 1. The van der Waals surface area contributed by atoms with Gasteiger partial charge in [-0.2, -0.15) is 5.10 Å². The quantitative estimate of drug-likeness (QED) is 0.248. The maximum absolute atomic E-state index is 13.6. The normalized spacial score (nSPS) is 11.1. The zero-order valence-corrected chi connectivity index (χ0v) is 22.2. The summed E-state index contributed by atoms with van der Waals surface area (Å²) >= 11 is 12.3. The van der Waals surface area contributed by atoms with Gasteiger partial charge in [0, 0.05) is 11.9 Å². The van der Waals surface area contributed by atoms with Crippen LogP contribution < -0.4 is 10.3 Å². The Bertz CT molecular complexity index is 1760. The van der Waals surface area contributed by atoms with Crippen LogP contribution in [0, 0.1) is 13.8 Å². The zero-order chi connectivity index (χ0) is 27.0. The highest BCUT2D eigenvalue weighted by Gasteiger charge is 2.19. The molecule has 0 saturated heterocycles. The first-order chi connectivity index (χ1) is 18.3. The molecule has 8 nitrogen and oxygen atoms in total. The molecule has 192 valence electrons. The molecular weight excluding hydrogens is 527 g/mol. The summed E-state index contributed by atoms with van der Waals surface area (Å²) in [5.74, 6) is 0.00506. The van der Waals surface area contributed by atoms with Crippen molar-refractivity contribution in [3.63, 3.8) is 0 Å². The van der Waals surface area contributed by atoms with Gasteiger partial charge in [-0.3, -0.25) is 9.20 Å². The Kier molecular flexibility index (Phi) is 6.93. The number of benzene rings is 2. The smallest absolute Gasteiger partial charge is 0.337 e. The van der Waals surface area contributed by atoms with Crippen molar-refractivity contribution >= 4 is 34.8 Å². The summed E-state index contributed by atoms with van der Waals surface area (Å²) in [6, 6.07) is 17.5. The molecule has 3 aromatic heterocycles. The lowest BCUT2D eigenvalue weighted by Gasteiger charge is -2.12. The second-order valence-corrected chi connectivity index (χ2v) is 9.42. The number of halogens is 2. The van der Waals surface area contributed by atoms with Gasteiger partial charge in [0.25, 0.3) is 5.56 Å². The third-order valence-electron chi connectivity index (χ3n) is 6.03. The van der Waals surface area contributed by atoms with Gasteiger partial charge in [-0.05, 0) is 67.9 Å². The largest absolute Gasteiger partial charge is 0.485 e. The fraction of sp³-hybridized carbons (Fsp3) is 0.143. The van der Waals surface area contributed by atoms with Crippen LogP contribution in [0.3, 0.4) is 0 Å². The van der Waals surface area contributed by atoms with Crippen molar-refractivity contribution < 1.29 is 14.3 Å². The van der Waals surface area contributed by atoms with E-state index in [0.29, 0.717) is 44.0 Å². The molecule has 5 rings (SSSR count). The number of nitrogens with zero attached hydrogens (tertiary/aromatic N) is 4. The molecule has 3 heterocycles. The molecule has 2 aromatic carbocycles. The van der Waals surface area contributed by atoms with E-state index in [4.69, 9.17) is 37.7 Å². The molecule has 0 radical (unpaired) electrons. The van der Waals surface area contributed by atoms with Gasteiger partial charge in [-0.15, -0.1) is 0 Å². The van der Waals surface area contributed by atoms with Crippen LogP contribution in [-0.2, 0) is 11.3 Å². The average Bonchev–Trinajstić information content (AvgIpc) is 3.29. The molecule has 0 N–H and O–H groups in total. The first-order valence-corrected chi connectivity index (χ1v) is 12.4. The number of carbonyl (C=O) groups is 1. The number of esters is 1. The predicted octanol–water partition coefficient (Wildman–Crippen LogP) is 5.84. The summed E-state index contributed by atoms with van der Waals surface area (Å²) in [7, 11) is 1.33. The lowest BCUT2D eigenvalue weighted by molar-refractivity contribution is 0.0600. The van der Waals surface area contributed by atoms with E-state index in [1.54, 1.807) is 66.3 Å². The summed E-state index contributed by atoms with van der Waals surface area (Å²) in [6.45, 7) is 3.83. The monoisotopic (exact) mass is 548 g/mol. The topological polar surface area (TPSA) is 87.7 Å². The molecule has 0 bridgehead atoms. The number of methoxy groups -OCH3 is 1. The minimum absolute atomic E-state index is 0.175. The Morgan fingerprint density at radius 2 is 1.82 bits per heavy atom. The van der Waals surface area contributed by atoms with Gasteiger partial charge in [-0.1, -0.05) is 35.3 Å². The van der Waals surface area contributed by atoms with E-state index in [2.05, 4.69) is 5.10 Å². The zero-order valence-electron chi connectivity index (χ0n) is 20.7. The van der Waals surface area contributed by atoms with Gasteiger partial charge < -0.3 is 9.47 Å². The fourth-order valence-electron chi connectivity index (χ4n) is 4.19. The molecule has 0 aliphatic heterocycles. The molecule has 0 atom stereocenters. The van der Waals surface area contributed by atoms with E-state index in [-0.39, 0.29) is 12.2 Å². The van der Waals surface area contributed by atoms with Crippen LogP contribution >= 0.6 is 23.2 Å². The van der Waals surface area contributed by atoms with Crippen LogP contribution in [0.5, 0.6) is 5.75 Å². The second-order valence-electron chi connectivity index (χ2n) is 8.61. The molecule has 38 heavy (non-hydrogen) atoms.